The zero-order valence-corrected chi connectivity index (χ0v) is 32.7. The number of rotatable bonds is 13. The van der Waals surface area contributed by atoms with Crippen molar-refractivity contribution in [2.24, 2.45) is 5.73 Å². The van der Waals surface area contributed by atoms with Crippen LogP contribution in [-0.2, 0) is 58.2 Å². The Hall–Kier alpha value is -4.17. The summed E-state index contributed by atoms with van der Waals surface area (Å²) in [4.78, 5) is 81.4. The van der Waals surface area contributed by atoms with Crippen molar-refractivity contribution in [2.75, 3.05) is 26.3 Å². The first kappa shape index (κ1) is 49.0. The zero-order chi connectivity index (χ0) is 43.7. The topological polar surface area (TPSA) is 332 Å². The lowest BCUT2D eigenvalue weighted by Gasteiger charge is -2.29. The molecule has 30 heteroatoms. The van der Waals surface area contributed by atoms with Gasteiger partial charge in [0.25, 0.3) is 11.8 Å². The monoisotopic (exact) mass is 874 g/mol. The molecule has 4 aliphatic heterocycles. The van der Waals surface area contributed by atoms with Gasteiger partial charge in [0.15, 0.2) is 0 Å². The molecule has 0 aliphatic carbocycles. The molecule has 4 saturated heterocycles. The fourth-order valence-corrected chi connectivity index (χ4v) is 6.15. The number of aldehydes is 1. The van der Waals surface area contributed by atoms with E-state index in [1.807, 2.05) is 0 Å². The quantitative estimate of drug-likeness (QED) is 0.0740. The molecular weight excluding hydrogens is 829 g/mol. The van der Waals surface area contributed by atoms with Crippen LogP contribution in [0.5, 0.6) is 0 Å². The summed E-state index contributed by atoms with van der Waals surface area (Å²) in [6, 6.07) is -5.18. The average molecular weight is 875 g/mol. The molecule has 0 unspecified atom stereocenters. The van der Waals surface area contributed by atoms with E-state index in [4.69, 9.17) is 34.0 Å². The Morgan fingerprint density at radius 1 is 0.825 bits per heavy atom. The minimum atomic E-state index is -4.85. The maximum absolute atomic E-state index is 12.3. The molecule has 328 valence electrons. The lowest BCUT2D eigenvalue weighted by Crippen LogP contribution is -2.50. The molecule has 0 saturated carbocycles. The Morgan fingerprint density at radius 2 is 1.21 bits per heavy atom. The number of nitrogens with zero attached hydrogens (tertiary/aromatic N) is 4. The summed E-state index contributed by atoms with van der Waals surface area (Å²) in [6.07, 6.45) is -5.11. The Morgan fingerprint density at radius 3 is 1.54 bits per heavy atom. The summed E-state index contributed by atoms with van der Waals surface area (Å²) >= 11 is 0. The molecule has 6 atom stereocenters. The van der Waals surface area contributed by atoms with Gasteiger partial charge in [0.1, 0.15) is 17.7 Å². The van der Waals surface area contributed by atoms with Gasteiger partial charge in [0.2, 0.25) is 6.29 Å². The number of fused-ring (bicyclic) bond motifs is 4. The van der Waals surface area contributed by atoms with Crippen LogP contribution in [0.3, 0.4) is 0 Å². The van der Waals surface area contributed by atoms with Gasteiger partial charge in [-0.05, 0) is 60.3 Å². The number of ether oxygens (including phenoxy) is 1. The van der Waals surface area contributed by atoms with Gasteiger partial charge in [-0.15, -0.1) is 8.57 Å². The minimum absolute atomic E-state index is 0.0493. The number of hydrogen-bond acceptors (Lipinski definition) is 16. The highest BCUT2D eigenvalue weighted by molar-refractivity contribution is 7.81. The van der Waals surface area contributed by atoms with E-state index in [0.717, 1.165) is 4.90 Å². The van der Waals surface area contributed by atoms with Crippen molar-refractivity contribution in [1.29, 1.82) is 0 Å². The highest BCUT2D eigenvalue weighted by Gasteiger charge is 2.50. The van der Waals surface area contributed by atoms with Gasteiger partial charge in [-0.2, -0.15) is 40.1 Å². The molecule has 4 rings (SSSR count). The Kier molecular flexibility index (Phi) is 17.2. The third-order valence-corrected chi connectivity index (χ3v) is 8.22. The summed E-state index contributed by atoms with van der Waals surface area (Å²) in [7, 11) is -9.65. The van der Waals surface area contributed by atoms with Crippen LogP contribution in [0.25, 0.3) is 0 Å². The van der Waals surface area contributed by atoms with Crippen LogP contribution < -0.4 is 22.0 Å². The van der Waals surface area contributed by atoms with E-state index < -0.39 is 99.0 Å². The molecule has 25 nitrogen and oxygen atoms in total. The molecule has 4 aliphatic rings. The number of hydroxylamine groups is 6. The third-order valence-electron chi connectivity index (χ3n) is 7.52. The summed E-state index contributed by atoms with van der Waals surface area (Å²) in [6.45, 7) is 8.79. The lowest BCUT2D eigenvalue weighted by atomic mass is 10.0. The Balaban J connectivity index is 0.000000353. The maximum Gasteiger partial charge on any atom is 0.446 e. The van der Waals surface area contributed by atoms with Crippen LogP contribution in [0.2, 0.25) is 0 Å². The summed E-state index contributed by atoms with van der Waals surface area (Å²) in [5.74, 6) is -1.13. The predicted molar refractivity (Wildman–Crippen MR) is 180 cm³/mol. The second kappa shape index (κ2) is 20.0. The molecule has 57 heavy (non-hydrogen) atoms. The molecular formula is C27H45F3N8O17S2. The Bertz CT molecular complexity index is 1680. The summed E-state index contributed by atoms with van der Waals surface area (Å²) in [5, 5.41) is 3.67. The van der Waals surface area contributed by atoms with Gasteiger partial charge in [0, 0.05) is 19.1 Å². The summed E-state index contributed by atoms with van der Waals surface area (Å²) in [5.41, 5.74) is 9.26. The van der Waals surface area contributed by atoms with Gasteiger partial charge in [-0.25, -0.2) is 25.3 Å². The van der Waals surface area contributed by atoms with Crippen molar-refractivity contribution in [2.45, 2.75) is 108 Å². The molecule has 4 heterocycles. The first-order chi connectivity index (χ1) is 26.0. The van der Waals surface area contributed by atoms with E-state index in [9.17, 15) is 54.0 Å². The SMILES string of the molecule is C[C@@H](CONC(=O)[C@@H]1CC[C@@H]2CN1C(=O)N2OS(=O)(=O)O)NC(=O)OC(C)(C)C.C[C@H](N)CONC(=O)[C@@H]1CC[C@@H]2CN1C(=O)N2OS(=O)(=O)O.O=CC(F)(F)F. The van der Waals surface area contributed by atoms with Crippen molar-refractivity contribution >= 4 is 57.1 Å². The number of nitrogens with two attached hydrogens (primary N) is 1. The number of alkyl carbamates (subject to hydrolysis) is 1. The molecule has 4 fully saturated rings. The lowest BCUT2D eigenvalue weighted by molar-refractivity contribution is -0.156. The van der Waals surface area contributed by atoms with E-state index in [0.29, 0.717) is 29.4 Å². The van der Waals surface area contributed by atoms with Gasteiger partial charge in [0.05, 0.1) is 31.3 Å². The second-order valence-corrected chi connectivity index (χ2v) is 15.8. The number of hydrogen-bond donors (Lipinski definition) is 6. The number of halogens is 3. The van der Waals surface area contributed by atoms with Gasteiger partial charge in [-0.3, -0.25) is 33.2 Å². The highest BCUT2D eigenvalue weighted by Crippen LogP contribution is 2.32. The molecule has 7 N–H and O–H groups in total. The smallest absolute Gasteiger partial charge is 0.444 e. The second-order valence-electron chi connectivity index (χ2n) is 13.8. The zero-order valence-electron chi connectivity index (χ0n) is 31.0. The molecule has 7 amide bonds. The molecule has 0 aromatic rings. The van der Waals surface area contributed by atoms with Crippen molar-refractivity contribution in [3.63, 3.8) is 0 Å². The van der Waals surface area contributed by atoms with E-state index >= 15 is 0 Å². The van der Waals surface area contributed by atoms with Crippen LogP contribution >= 0.6 is 0 Å². The number of amides is 7. The highest BCUT2D eigenvalue weighted by atomic mass is 32.3. The number of carbonyl (C=O) groups excluding carboxylic acids is 6. The normalized spacial score (nSPS) is 23.0. The van der Waals surface area contributed by atoms with Crippen LogP contribution in [0.1, 0.15) is 60.3 Å². The van der Waals surface area contributed by atoms with Gasteiger partial charge >= 0.3 is 45.1 Å². The number of urea groups is 2. The van der Waals surface area contributed by atoms with Crippen LogP contribution in [-0.4, -0.2) is 156 Å². The van der Waals surface area contributed by atoms with E-state index in [2.05, 4.69) is 24.8 Å². The number of carbonyl (C=O) groups is 6. The van der Waals surface area contributed by atoms with Gasteiger partial charge < -0.3 is 25.6 Å². The standard InChI is InChI=1S/C15H26N4O9S.C10H18N4O7S.C2HF3O/c1-9(16-13(21)27-15(2,3)4)8-26-17-12(20)11-6-5-10-7-18(11)14(22)19(10)28-29(23,24)25;1-6(11)5-20-12-9(15)8-3-2-7-4-13(8)10(16)14(7)21-22(17,18)19;3-2(4,5)1-6/h9-11H,5-8H2,1-4H3,(H,16,21)(H,17,20)(H,23,24,25);6-8H,2-5,11H2,1H3,(H,12,15)(H,17,18,19);1H/t9-,10+,11-;6-,7+,8-;/m00./s1. The number of nitrogens with one attached hydrogen (secondary N) is 3. The minimum Gasteiger partial charge on any atom is -0.444 e. The molecule has 4 bridgehead atoms. The van der Waals surface area contributed by atoms with Crippen molar-refractivity contribution in [3.05, 3.63) is 0 Å². The van der Waals surface area contributed by atoms with E-state index in [1.54, 1.807) is 34.6 Å². The van der Waals surface area contributed by atoms with E-state index in [-0.39, 0.29) is 38.8 Å². The van der Waals surface area contributed by atoms with Crippen LogP contribution in [0, 0.1) is 0 Å². The molecule has 0 radical (unpaired) electrons. The molecule has 0 spiro atoms. The molecule has 0 aromatic heterocycles. The molecule has 0 aromatic carbocycles. The first-order valence-electron chi connectivity index (χ1n) is 16.7. The number of piperidine rings is 2. The summed E-state index contributed by atoms with van der Waals surface area (Å²) < 4.78 is 106. The van der Waals surface area contributed by atoms with Crippen molar-refractivity contribution in [1.82, 2.24) is 36.2 Å². The maximum atomic E-state index is 12.3. The van der Waals surface area contributed by atoms with Gasteiger partial charge in [-0.1, -0.05) is 0 Å². The largest absolute Gasteiger partial charge is 0.446 e. The fraction of sp³-hybridized carbons (Fsp3) is 0.778. The van der Waals surface area contributed by atoms with Crippen molar-refractivity contribution < 1.29 is 90.9 Å². The fourth-order valence-electron chi connectivity index (χ4n) is 5.38. The first-order valence-corrected chi connectivity index (χ1v) is 19.4. The average Bonchev–Trinajstić information content (AvgIpc) is 3.42. The number of alkyl halides is 3. The third kappa shape index (κ3) is 16.7. The van der Waals surface area contributed by atoms with Crippen LogP contribution in [0.15, 0.2) is 0 Å². The van der Waals surface area contributed by atoms with Crippen molar-refractivity contribution in [3.8, 4) is 0 Å². The van der Waals surface area contributed by atoms with E-state index in [1.165, 1.54) is 4.90 Å². The van der Waals surface area contributed by atoms with Crippen LogP contribution in [0.4, 0.5) is 27.6 Å². The Labute approximate surface area is 324 Å². The predicted octanol–water partition coefficient (Wildman–Crippen LogP) is -0.918.